The van der Waals surface area contributed by atoms with E-state index in [0.717, 1.165) is 0 Å². The zero-order chi connectivity index (χ0) is 21.2. The van der Waals surface area contributed by atoms with Gasteiger partial charge in [0, 0.05) is 0 Å². The number of hydrogen-bond acceptors (Lipinski definition) is 7. The Bertz CT molecular complexity index is 513. The summed E-state index contributed by atoms with van der Waals surface area (Å²) in [7, 11) is -2.12. The number of carbonyl (C=O) groups is 1. The molecule has 0 aromatic heterocycles. The first-order valence-electron chi connectivity index (χ1n) is 8.39. The number of hydrogen-bond donors (Lipinski definition) is 4. The van der Waals surface area contributed by atoms with Gasteiger partial charge in [-0.25, -0.2) is 4.79 Å². The Morgan fingerprint density at radius 3 is 2.19 bits per heavy atom. The van der Waals surface area contributed by atoms with Crippen LogP contribution in [0, 0.1) is 0 Å². The summed E-state index contributed by atoms with van der Waals surface area (Å²) in [6.45, 7) is 9.70. The van der Waals surface area contributed by atoms with Crippen LogP contribution < -0.4 is 5.32 Å². The second-order valence-corrected chi connectivity index (χ2v) is 15.3. The van der Waals surface area contributed by atoms with Crippen molar-refractivity contribution in [2.75, 3.05) is 13.2 Å². The number of alkyl halides is 3. The molecule has 0 bridgehead atoms. The first-order valence-corrected chi connectivity index (χ1v) is 12.4. The molecule has 0 aromatic rings. The molecule has 1 fully saturated rings. The highest BCUT2D eigenvalue weighted by Crippen LogP contribution is 2.37. The summed E-state index contributed by atoms with van der Waals surface area (Å²) in [5, 5.41) is 32.8. The summed E-state index contributed by atoms with van der Waals surface area (Å²) in [6.07, 6.45) is -6.49. The van der Waals surface area contributed by atoms with E-state index >= 15 is 0 Å². The summed E-state index contributed by atoms with van der Waals surface area (Å²) in [5.41, 5.74) is 0. The fourth-order valence-corrected chi connectivity index (χ4v) is 3.25. The summed E-state index contributed by atoms with van der Waals surface area (Å²) >= 11 is 16.4. The predicted octanol–water partition coefficient (Wildman–Crippen LogP) is 1.91. The van der Waals surface area contributed by atoms with Gasteiger partial charge >= 0.3 is 6.09 Å². The van der Waals surface area contributed by atoms with Gasteiger partial charge in [0.2, 0.25) is 3.79 Å². The lowest BCUT2D eigenvalue weighted by Gasteiger charge is -2.43. The summed E-state index contributed by atoms with van der Waals surface area (Å²) in [5.74, 6) is 0. The van der Waals surface area contributed by atoms with Gasteiger partial charge in [0.1, 0.15) is 31.0 Å². The molecule has 5 atom stereocenters. The van der Waals surface area contributed by atoms with Crippen LogP contribution >= 0.6 is 34.8 Å². The van der Waals surface area contributed by atoms with Crippen LogP contribution in [0.4, 0.5) is 4.79 Å². The third-order valence-corrected chi connectivity index (χ3v) is 9.61. The van der Waals surface area contributed by atoms with Crippen molar-refractivity contribution in [3.8, 4) is 0 Å². The van der Waals surface area contributed by atoms with Crippen LogP contribution in [0.3, 0.4) is 0 Å². The van der Waals surface area contributed by atoms with Gasteiger partial charge in [-0.2, -0.15) is 0 Å². The van der Waals surface area contributed by atoms with Crippen molar-refractivity contribution in [3.63, 3.8) is 0 Å². The number of halogens is 3. The number of aliphatic hydroxyl groups excluding tert-OH is 3. The van der Waals surface area contributed by atoms with E-state index < -0.39 is 55.5 Å². The van der Waals surface area contributed by atoms with E-state index in [1.165, 1.54) is 0 Å². The number of carbonyl (C=O) groups excluding carboxylic acids is 1. The maximum Gasteiger partial charge on any atom is 0.407 e. The largest absolute Gasteiger partial charge is 0.445 e. The number of nitrogens with one attached hydrogen (secondary N) is 1. The van der Waals surface area contributed by atoms with Gasteiger partial charge in [-0.1, -0.05) is 55.6 Å². The molecule has 1 rings (SSSR count). The first-order chi connectivity index (χ1) is 12.0. The Labute approximate surface area is 175 Å². The molecule has 1 saturated heterocycles. The van der Waals surface area contributed by atoms with Crippen LogP contribution in [0.2, 0.25) is 18.1 Å². The molecule has 27 heavy (non-hydrogen) atoms. The number of ether oxygens (including phenoxy) is 2. The predicted molar refractivity (Wildman–Crippen MR) is 105 cm³/mol. The Hall–Kier alpha value is 0.157. The standard InChI is InChI=1S/C15H28Cl3NO7Si/c1-14(2,3)27(4,5)25-6-8-10(20)11(21)9(12(22)26-8)19-13(23)24-7-15(16,17)18/h8-12,20-22H,6-7H2,1-5H3,(H,19,23)/t8?,9?,10-,11-,12-/m1/s1. The average molecular weight is 469 g/mol. The van der Waals surface area contributed by atoms with Crippen LogP contribution in [-0.4, -0.2) is 77.4 Å². The van der Waals surface area contributed by atoms with E-state index in [4.69, 9.17) is 44.0 Å². The molecule has 8 nitrogen and oxygen atoms in total. The molecule has 160 valence electrons. The molecule has 1 aliphatic heterocycles. The molecule has 0 radical (unpaired) electrons. The van der Waals surface area contributed by atoms with Crippen molar-refractivity contribution in [1.82, 2.24) is 5.32 Å². The lowest BCUT2D eigenvalue weighted by molar-refractivity contribution is -0.252. The fourth-order valence-electron chi connectivity index (χ4n) is 2.07. The lowest BCUT2D eigenvalue weighted by Crippen LogP contribution is -2.64. The highest BCUT2D eigenvalue weighted by atomic mass is 35.6. The topological polar surface area (TPSA) is 117 Å². The Balaban J connectivity index is 2.65. The quantitative estimate of drug-likeness (QED) is 0.359. The van der Waals surface area contributed by atoms with E-state index in [9.17, 15) is 20.1 Å². The molecule has 1 aliphatic rings. The highest BCUT2D eigenvalue weighted by molar-refractivity contribution is 6.74. The molecule has 0 aromatic carbocycles. The molecular weight excluding hydrogens is 441 g/mol. The third-order valence-electron chi connectivity index (χ3n) is 4.79. The molecule has 0 spiro atoms. The molecule has 2 unspecified atom stereocenters. The minimum Gasteiger partial charge on any atom is -0.445 e. The van der Waals surface area contributed by atoms with Gasteiger partial charge in [0.05, 0.1) is 6.61 Å². The molecule has 1 heterocycles. The van der Waals surface area contributed by atoms with Crippen molar-refractivity contribution in [1.29, 1.82) is 0 Å². The molecule has 0 saturated carbocycles. The van der Waals surface area contributed by atoms with Gasteiger partial charge in [-0.15, -0.1) is 0 Å². The fraction of sp³-hybridized carbons (Fsp3) is 0.933. The van der Waals surface area contributed by atoms with E-state index in [1.54, 1.807) is 0 Å². The van der Waals surface area contributed by atoms with Crippen LogP contribution in [0.15, 0.2) is 0 Å². The second-order valence-electron chi connectivity index (χ2n) is 7.98. The van der Waals surface area contributed by atoms with Gasteiger partial charge in [-0.05, 0) is 18.1 Å². The highest BCUT2D eigenvalue weighted by Gasteiger charge is 2.46. The minimum atomic E-state index is -2.12. The van der Waals surface area contributed by atoms with Crippen molar-refractivity contribution in [2.24, 2.45) is 0 Å². The number of amides is 1. The average Bonchev–Trinajstić information content (AvgIpc) is 2.50. The van der Waals surface area contributed by atoms with E-state index in [1.807, 2.05) is 13.1 Å². The third kappa shape index (κ3) is 7.49. The van der Waals surface area contributed by atoms with E-state index in [0.29, 0.717) is 0 Å². The number of alkyl carbamates (subject to hydrolysis) is 1. The van der Waals surface area contributed by atoms with Crippen LogP contribution in [0.25, 0.3) is 0 Å². The lowest BCUT2D eigenvalue weighted by atomic mass is 9.97. The van der Waals surface area contributed by atoms with Gasteiger partial charge in [0.25, 0.3) is 0 Å². The molecule has 1 amide bonds. The van der Waals surface area contributed by atoms with Gasteiger partial charge in [-0.3, -0.25) is 0 Å². The monoisotopic (exact) mass is 467 g/mol. The Morgan fingerprint density at radius 2 is 1.70 bits per heavy atom. The second kappa shape index (κ2) is 9.31. The minimum absolute atomic E-state index is 0.00376. The molecule has 12 heteroatoms. The summed E-state index contributed by atoms with van der Waals surface area (Å²) in [6, 6.07) is -1.33. The maximum absolute atomic E-state index is 11.7. The smallest absolute Gasteiger partial charge is 0.407 e. The SMILES string of the molecule is CC(C)(C)[Si](C)(C)OCC1O[C@@H](O)C(NC(=O)OCC(Cl)(Cl)Cl)[C@@H](O)[C@@H]1O. The number of rotatable bonds is 5. The zero-order valence-electron chi connectivity index (χ0n) is 15.9. The van der Waals surface area contributed by atoms with Crippen molar-refractivity contribution < 1.29 is 34.0 Å². The molecule has 4 N–H and O–H groups in total. The normalized spacial score (nSPS) is 30.1. The van der Waals surface area contributed by atoms with Crippen molar-refractivity contribution in [2.45, 2.75) is 73.3 Å². The Kier molecular flexibility index (Phi) is 8.69. The van der Waals surface area contributed by atoms with Crippen molar-refractivity contribution >= 4 is 49.2 Å². The number of aliphatic hydroxyl groups is 3. The molecular formula is C15H28Cl3NO7Si. The van der Waals surface area contributed by atoms with Crippen LogP contribution in [-0.2, 0) is 13.9 Å². The van der Waals surface area contributed by atoms with Crippen LogP contribution in [0.1, 0.15) is 20.8 Å². The first kappa shape index (κ1) is 25.2. The maximum atomic E-state index is 11.7. The van der Waals surface area contributed by atoms with Crippen LogP contribution in [0.5, 0.6) is 0 Å². The van der Waals surface area contributed by atoms with E-state index in [-0.39, 0.29) is 11.6 Å². The Morgan fingerprint density at radius 1 is 1.15 bits per heavy atom. The summed E-state index contributed by atoms with van der Waals surface area (Å²) in [4.78, 5) is 11.7. The van der Waals surface area contributed by atoms with Crippen molar-refractivity contribution in [3.05, 3.63) is 0 Å². The van der Waals surface area contributed by atoms with E-state index in [2.05, 4.69) is 30.8 Å². The zero-order valence-corrected chi connectivity index (χ0v) is 19.2. The van der Waals surface area contributed by atoms with Gasteiger partial charge in [0.15, 0.2) is 14.6 Å². The molecule has 0 aliphatic carbocycles. The van der Waals surface area contributed by atoms with Gasteiger partial charge < -0.3 is 34.5 Å². The summed E-state index contributed by atoms with van der Waals surface area (Å²) < 4.78 is 14.2.